The van der Waals surface area contributed by atoms with Gasteiger partial charge in [0.25, 0.3) is 5.91 Å². The standard InChI is InChI=1S/C18H18N4O3/c1-11-14(9-13-5-3-4-6-15(13)19-11)18(23)22-7-8-24-16(10-22)17-21-20-12(2)25-17/h3-6,9,16H,7-8,10H2,1-2H3/t16-/m0/s1. The molecular formula is C18H18N4O3. The van der Waals surface area contributed by atoms with Crippen LogP contribution < -0.4 is 0 Å². The van der Waals surface area contributed by atoms with Crippen molar-refractivity contribution in [2.24, 2.45) is 0 Å². The van der Waals surface area contributed by atoms with Crippen LogP contribution in [0.3, 0.4) is 0 Å². The summed E-state index contributed by atoms with van der Waals surface area (Å²) in [5.41, 5.74) is 2.22. The summed E-state index contributed by atoms with van der Waals surface area (Å²) in [6, 6.07) is 9.69. The van der Waals surface area contributed by atoms with Gasteiger partial charge in [0.05, 0.1) is 29.9 Å². The zero-order chi connectivity index (χ0) is 17.4. The number of morpholine rings is 1. The average Bonchev–Trinajstić information content (AvgIpc) is 3.07. The topological polar surface area (TPSA) is 81.4 Å². The molecule has 3 aromatic rings. The van der Waals surface area contributed by atoms with Gasteiger partial charge in [0.2, 0.25) is 11.8 Å². The highest BCUT2D eigenvalue weighted by Gasteiger charge is 2.30. The Morgan fingerprint density at radius 3 is 2.88 bits per heavy atom. The molecule has 0 radical (unpaired) electrons. The Labute approximate surface area is 144 Å². The highest BCUT2D eigenvalue weighted by molar-refractivity contribution is 5.98. The summed E-state index contributed by atoms with van der Waals surface area (Å²) in [7, 11) is 0. The van der Waals surface area contributed by atoms with Crippen molar-refractivity contribution in [2.45, 2.75) is 20.0 Å². The second-order valence-corrected chi connectivity index (χ2v) is 6.08. The second kappa shape index (κ2) is 6.25. The molecule has 1 fully saturated rings. The fourth-order valence-electron chi connectivity index (χ4n) is 3.02. The van der Waals surface area contributed by atoms with E-state index in [1.54, 1.807) is 11.8 Å². The number of hydrogen-bond donors (Lipinski definition) is 0. The van der Waals surface area contributed by atoms with Crippen molar-refractivity contribution in [1.29, 1.82) is 0 Å². The molecule has 0 spiro atoms. The Morgan fingerprint density at radius 1 is 1.24 bits per heavy atom. The molecule has 25 heavy (non-hydrogen) atoms. The van der Waals surface area contributed by atoms with Crippen LogP contribution in [0.4, 0.5) is 0 Å². The lowest BCUT2D eigenvalue weighted by molar-refractivity contribution is -0.0349. The second-order valence-electron chi connectivity index (χ2n) is 6.08. The Hall–Kier alpha value is -2.80. The number of para-hydroxylation sites is 1. The van der Waals surface area contributed by atoms with Gasteiger partial charge >= 0.3 is 0 Å². The summed E-state index contributed by atoms with van der Waals surface area (Å²) in [6.07, 6.45) is -0.396. The first kappa shape index (κ1) is 15.7. The first-order chi connectivity index (χ1) is 12.1. The molecule has 1 saturated heterocycles. The number of amides is 1. The molecule has 0 unspecified atom stereocenters. The molecule has 2 aromatic heterocycles. The van der Waals surface area contributed by atoms with E-state index >= 15 is 0 Å². The van der Waals surface area contributed by atoms with Crippen molar-refractivity contribution in [3.63, 3.8) is 0 Å². The number of aromatic nitrogens is 3. The Kier molecular flexibility index (Phi) is 3.93. The van der Waals surface area contributed by atoms with Crippen molar-refractivity contribution in [2.75, 3.05) is 19.7 Å². The molecule has 7 heteroatoms. The highest BCUT2D eigenvalue weighted by atomic mass is 16.5. The van der Waals surface area contributed by atoms with E-state index in [0.29, 0.717) is 37.0 Å². The maximum atomic E-state index is 13.0. The predicted molar refractivity (Wildman–Crippen MR) is 90.1 cm³/mol. The number of benzene rings is 1. The van der Waals surface area contributed by atoms with E-state index in [0.717, 1.165) is 16.6 Å². The van der Waals surface area contributed by atoms with Crippen molar-refractivity contribution in [3.8, 4) is 0 Å². The van der Waals surface area contributed by atoms with Gasteiger partial charge in [-0.25, -0.2) is 0 Å². The molecule has 1 amide bonds. The van der Waals surface area contributed by atoms with Crippen LogP contribution in [-0.2, 0) is 4.74 Å². The van der Waals surface area contributed by atoms with E-state index in [1.165, 1.54) is 0 Å². The Morgan fingerprint density at radius 2 is 2.08 bits per heavy atom. The number of ether oxygens (including phenoxy) is 1. The fourth-order valence-corrected chi connectivity index (χ4v) is 3.02. The number of pyridine rings is 1. The van der Waals surface area contributed by atoms with Gasteiger partial charge in [-0.05, 0) is 19.1 Å². The summed E-state index contributed by atoms with van der Waals surface area (Å²) < 4.78 is 11.1. The number of rotatable bonds is 2. The first-order valence-corrected chi connectivity index (χ1v) is 8.19. The van der Waals surface area contributed by atoms with Gasteiger partial charge in [0.1, 0.15) is 0 Å². The molecule has 1 aliphatic heterocycles. The molecule has 1 aliphatic rings. The van der Waals surface area contributed by atoms with Crippen LogP contribution in [-0.4, -0.2) is 45.7 Å². The van der Waals surface area contributed by atoms with Crippen molar-refractivity contribution in [3.05, 3.63) is 53.4 Å². The van der Waals surface area contributed by atoms with Crippen molar-refractivity contribution in [1.82, 2.24) is 20.1 Å². The van der Waals surface area contributed by atoms with Crippen LogP contribution in [0.5, 0.6) is 0 Å². The zero-order valence-corrected chi connectivity index (χ0v) is 14.1. The lowest BCUT2D eigenvalue weighted by Crippen LogP contribution is -2.42. The molecule has 0 aliphatic carbocycles. The van der Waals surface area contributed by atoms with E-state index in [1.807, 2.05) is 37.3 Å². The zero-order valence-electron chi connectivity index (χ0n) is 14.1. The number of nitrogens with zero attached hydrogens (tertiary/aromatic N) is 4. The van der Waals surface area contributed by atoms with E-state index < -0.39 is 6.10 Å². The first-order valence-electron chi connectivity index (χ1n) is 8.19. The van der Waals surface area contributed by atoms with Gasteiger partial charge in [0, 0.05) is 18.9 Å². The molecular weight excluding hydrogens is 320 g/mol. The van der Waals surface area contributed by atoms with Gasteiger partial charge in [-0.15, -0.1) is 10.2 Å². The van der Waals surface area contributed by atoms with Crippen LogP contribution in [0.25, 0.3) is 10.9 Å². The van der Waals surface area contributed by atoms with Crippen LogP contribution in [0, 0.1) is 13.8 Å². The average molecular weight is 338 g/mol. The van der Waals surface area contributed by atoms with E-state index in [2.05, 4.69) is 15.2 Å². The van der Waals surface area contributed by atoms with Crippen LogP contribution in [0.2, 0.25) is 0 Å². The smallest absolute Gasteiger partial charge is 0.255 e. The van der Waals surface area contributed by atoms with Crippen molar-refractivity contribution < 1.29 is 13.9 Å². The van der Waals surface area contributed by atoms with E-state index in [-0.39, 0.29) is 5.91 Å². The van der Waals surface area contributed by atoms with Crippen LogP contribution in [0.1, 0.15) is 33.9 Å². The molecule has 1 aromatic carbocycles. The van der Waals surface area contributed by atoms with E-state index in [9.17, 15) is 4.79 Å². The Balaban J connectivity index is 1.61. The van der Waals surface area contributed by atoms with Crippen LogP contribution in [0.15, 0.2) is 34.7 Å². The quantitative estimate of drug-likeness (QED) is 0.714. The number of carbonyl (C=O) groups is 1. The maximum absolute atomic E-state index is 13.0. The molecule has 7 nitrogen and oxygen atoms in total. The van der Waals surface area contributed by atoms with Gasteiger partial charge in [-0.3, -0.25) is 9.78 Å². The molecule has 0 saturated carbocycles. The largest absolute Gasteiger partial charge is 0.423 e. The monoisotopic (exact) mass is 338 g/mol. The molecule has 0 N–H and O–H groups in total. The number of carbonyl (C=O) groups excluding carboxylic acids is 1. The number of fused-ring (bicyclic) bond motifs is 1. The minimum atomic E-state index is -0.396. The molecule has 3 heterocycles. The predicted octanol–water partition coefficient (Wildman–Crippen LogP) is 2.45. The third kappa shape index (κ3) is 2.98. The maximum Gasteiger partial charge on any atom is 0.255 e. The molecule has 0 bridgehead atoms. The Bertz CT molecular complexity index is 937. The van der Waals surface area contributed by atoms with Crippen molar-refractivity contribution >= 4 is 16.8 Å². The summed E-state index contributed by atoms with van der Waals surface area (Å²) >= 11 is 0. The van der Waals surface area contributed by atoms with Gasteiger partial charge in [-0.2, -0.15) is 0 Å². The third-order valence-electron chi connectivity index (χ3n) is 4.32. The van der Waals surface area contributed by atoms with Gasteiger partial charge in [0.15, 0.2) is 6.10 Å². The minimum Gasteiger partial charge on any atom is -0.423 e. The molecule has 128 valence electrons. The lowest BCUT2D eigenvalue weighted by Gasteiger charge is -2.31. The third-order valence-corrected chi connectivity index (χ3v) is 4.32. The molecule has 1 atom stereocenters. The summed E-state index contributed by atoms with van der Waals surface area (Å²) in [4.78, 5) is 19.3. The van der Waals surface area contributed by atoms with E-state index in [4.69, 9.17) is 9.15 Å². The normalized spacial score (nSPS) is 17.8. The number of aryl methyl sites for hydroxylation is 2. The summed E-state index contributed by atoms with van der Waals surface area (Å²) in [5, 5.41) is 8.78. The summed E-state index contributed by atoms with van der Waals surface area (Å²) in [5.74, 6) is 0.834. The summed E-state index contributed by atoms with van der Waals surface area (Å²) in [6.45, 7) is 4.92. The van der Waals surface area contributed by atoms with Gasteiger partial charge < -0.3 is 14.1 Å². The number of hydrogen-bond acceptors (Lipinski definition) is 6. The highest BCUT2D eigenvalue weighted by Crippen LogP contribution is 2.24. The van der Waals surface area contributed by atoms with Gasteiger partial charge in [-0.1, -0.05) is 18.2 Å². The molecule has 4 rings (SSSR count). The SMILES string of the molecule is Cc1nnc([C@@H]2CN(C(=O)c3cc4ccccc4nc3C)CCO2)o1. The minimum absolute atomic E-state index is 0.0553. The lowest BCUT2D eigenvalue weighted by atomic mass is 10.1. The fraction of sp³-hybridized carbons (Fsp3) is 0.333. The van der Waals surface area contributed by atoms with Crippen LogP contribution >= 0.6 is 0 Å².